The summed E-state index contributed by atoms with van der Waals surface area (Å²) in [5, 5.41) is 2.17. The van der Waals surface area contributed by atoms with Gasteiger partial charge in [-0.15, -0.1) is 0 Å². The van der Waals surface area contributed by atoms with E-state index in [1.165, 1.54) is 0 Å². The average Bonchev–Trinajstić information content (AvgIpc) is 3.04. The van der Waals surface area contributed by atoms with Crippen LogP contribution in [0.25, 0.3) is 21.8 Å². The Labute approximate surface area is 128 Å². The number of ether oxygens (including phenoxy) is 1. The number of methoxy groups -OCH3 is 1. The minimum absolute atomic E-state index is 0.139. The van der Waals surface area contributed by atoms with Gasteiger partial charge in [0.1, 0.15) is 5.75 Å². The molecule has 0 fully saturated rings. The van der Waals surface area contributed by atoms with Gasteiger partial charge < -0.3 is 9.72 Å². The first-order chi connectivity index (χ1) is 10.6. The molecule has 0 radical (unpaired) electrons. The van der Waals surface area contributed by atoms with Crippen molar-refractivity contribution in [3.05, 3.63) is 52.6 Å². The van der Waals surface area contributed by atoms with Gasteiger partial charge in [-0.2, -0.15) is 0 Å². The van der Waals surface area contributed by atoms with Crippen molar-refractivity contribution in [3.8, 4) is 5.75 Å². The molecule has 1 aliphatic rings. The summed E-state index contributed by atoms with van der Waals surface area (Å²) in [6, 6.07) is 10.2. The summed E-state index contributed by atoms with van der Waals surface area (Å²) < 4.78 is 5.67. The lowest BCUT2D eigenvalue weighted by Gasteiger charge is -2.07. The number of aromatic nitrogens is 1. The number of allylic oxidation sites excluding steroid dienone is 2. The second-order valence-corrected chi connectivity index (χ2v) is 6.01. The van der Waals surface area contributed by atoms with Gasteiger partial charge in [0, 0.05) is 39.4 Å². The quantitative estimate of drug-likeness (QED) is 0.675. The molecule has 0 atom stereocenters. The molecule has 0 unspecified atom stereocenters. The van der Waals surface area contributed by atoms with Crippen LogP contribution in [0.1, 0.15) is 29.8 Å². The summed E-state index contributed by atoms with van der Waals surface area (Å²) in [5.41, 5.74) is 5.80. The molecule has 0 amide bonds. The van der Waals surface area contributed by atoms with E-state index in [9.17, 15) is 4.79 Å². The Kier molecular flexibility index (Phi) is 2.67. The van der Waals surface area contributed by atoms with Crippen molar-refractivity contribution in [3.63, 3.8) is 0 Å². The maximum Gasteiger partial charge on any atom is 0.189 e. The molecule has 0 spiro atoms. The zero-order valence-corrected chi connectivity index (χ0v) is 12.9. The van der Waals surface area contributed by atoms with Gasteiger partial charge in [-0.25, -0.2) is 0 Å². The van der Waals surface area contributed by atoms with Gasteiger partial charge >= 0.3 is 0 Å². The third kappa shape index (κ3) is 1.59. The molecule has 0 aliphatic heterocycles. The van der Waals surface area contributed by atoms with Gasteiger partial charge in [0.2, 0.25) is 0 Å². The van der Waals surface area contributed by atoms with E-state index in [0.29, 0.717) is 6.42 Å². The first-order valence-corrected chi connectivity index (χ1v) is 7.43. The number of rotatable bonds is 1. The molecular formula is C19H17NO2. The van der Waals surface area contributed by atoms with Crippen LogP contribution in [0.5, 0.6) is 5.75 Å². The number of benzene rings is 2. The van der Waals surface area contributed by atoms with Crippen LogP contribution >= 0.6 is 0 Å². The standard InChI is InChI=1S/C19H17NO2/c1-10(2)12-8-15-14(18(12)21)9-13-11-6-4-5-7-16(11)20-17(13)19(15)22-3/h4-7,9,20H,8H2,1-3H3. The molecule has 3 heteroatoms. The molecule has 4 rings (SSSR count). The van der Waals surface area contributed by atoms with E-state index in [-0.39, 0.29) is 5.78 Å². The monoisotopic (exact) mass is 291 g/mol. The maximum atomic E-state index is 12.7. The van der Waals surface area contributed by atoms with Crippen molar-refractivity contribution in [2.24, 2.45) is 0 Å². The Morgan fingerprint density at radius 1 is 1.18 bits per heavy atom. The van der Waals surface area contributed by atoms with Crippen LogP contribution < -0.4 is 4.74 Å². The molecule has 1 N–H and O–H groups in total. The van der Waals surface area contributed by atoms with E-state index in [2.05, 4.69) is 11.1 Å². The molecule has 2 aromatic carbocycles. The van der Waals surface area contributed by atoms with Crippen molar-refractivity contribution < 1.29 is 9.53 Å². The van der Waals surface area contributed by atoms with Crippen LogP contribution in [0.15, 0.2) is 41.5 Å². The number of carbonyl (C=O) groups is 1. The molecule has 3 nitrogen and oxygen atoms in total. The minimum Gasteiger partial charge on any atom is -0.494 e. The second kappa shape index (κ2) is 4.47. The zero-order valence-electron chi connectivity index (χ0n) is 12.9. The number of hydrogen-bond donors (Lipinski definition) is 1. The minimum atomic E-state index is 0.139. The van der Waals surface area contributed by atoms with E-state index in [4.69, 9.17) is 4.74 Å². The molecule has 22 heavy (non-hydrogen) atoms. The van der Waals surface area contributed by atoms with Crippen LogP contribution in [0.2, 0.25) is 0 Å². The third-order valence-corrected chi connectivity index (χ3v) is 4.54. The predicted octanol–water partition coefficient (Wildman–Crippen LogP) is 4.40. The number of carbonyl (C=O) groups excluding carboxylic acids is 1. The number of nitrogens with one attached hydrogen (secondary N) is 1. The number of para-hydroxylation sites is 1. The van der Waals surface area contributed by atoms with Gasteiger partial charge in [-0.05, 0) is 26.0 Å². The van der Waals surface area contributed by atoms with Crippen LogP contribution in [-0.4, -0.2) is 17.9 Å². The lowest BCUT2D eigenvalue weighted by atomic mass is 10.0. The fourth-order valence-corrected chi connectivity index (χ4v) is 3.42. The lowest BCUT2D eigenvalue weighted by Crippen LogP contribution is -1.97. The highest BCUT2D eigenvalue weighted by Gasteiger charge is 2.30. The predicted molar refractivity (Wildman–Crippen MR) is 88.8 cm³/mol. The van der Waals surface area contributed by atoms with E-state index < -0.39 is 0 Å². The van der Waals surface area contributed by atoms with Crippen LogP contribution in [0.3, 0.4) is 0 Å². The van der Waals surface area contributed by atoms with Crippen LogP contribution in [0, 0.1) is 0 Å². The fraction of sp³-hybridized carbons (Fsp3) is 0.211. The van der Waals surface area contributed by atoms with Crippen LogP contribution in [0.4, 0.5) is 0 Å². The molecule has 0 saturated heterocycles. The van der Waals surface area contributed by atoms with Crippen molar-refractivity contribution >= 4 is 27.6 Å². The Balaban J connectivity index is 2.14. The molecular weight excluding hydrogens is 274 g/mol. The van der Waals surface area contributed by atoms with Gasteiger partial charge in [0.25, 0.3) is 0 Å². The smallest absolute Gasteiger partial charge is 0.189 e. The Morgan fingerprint density at radius 2 is 1.95 bits per heavy atom. The summed E-state index contributed by atoms with van der Waals surface area (Å²) in [6.45, 7) is 3.99. The first-order valence-electron chi connectivity index (χ1n) is 7.43. The topological polar surface area (TPSA) is 42.1 Å². The van der Waals surface area contributed by atoms with Gasteiger partial charge in [-0.1, -0.05) is 23.8 Å². The lowest BCUT2D eigenvalue weighted by molar-refractivity contribution is 0.103. The SMILES string of the molecule is COc1c2c(cc3c1[nH]c1ccccc13)C(=O)C(=C(C)C)C2. The summed E-state index contributed by atoms with van der Waals surface area (Å²) in [7, 11) is 1.67. The van der Waals surface area contributed by atoms with Gasteiger partial charge in [0.05, 0.1) is 12.6 Å². The number of hydrogen-bond acceptors (Lipinski definition) is 2. The maximum absolute atomic E-state index is 12.7. The summed E-state index contributed by atoms with van der Waals surface area (Å²) in [6.07, 6.45) is 0.658. The van der Waals surface area contributed by atoms with Gasteiger partial charge in [0.15, 0.2) is 5.78 Å². The van der Waals surface area contributed by atoms with Crippen molar-refractivity contribution in [1.29, 1.82) is 0 Å². The Morgan fingerprint density at radius 3 is 2.68 bits per heavy atom. The molecule has 1 heterocycles. The number of Topliss-reactive ketones (excluding diaryl/α,β-unsaturated/α-hetero) is 1. The highest BCUT2D eigenvalue weighted by molar-refractivity contribution is 6.19. The molecule has 3 aromatic rings. The molecule has 0 saturated carbocycles. The fourth-order valence-electron chi connectivity index (χ4n) is 3.42. The van der Waals surface area contributed by atoms with Gasteiger partial charge in [-0.3, -0.25) is 4.79 Å². The van der Waals surface area contributed by atoms with E-state index in [1.54, 1.807) is 7.11 Å². The van der Waals surface area contributed by atoms with Crippen molar-refractivity contribution in [2.75, 3.05) is 7.11 Å². The summed E-state index contributed by atoms with van der Waals surface area (Å²) in [4.78, 5) is 16.1. The van der Waals surface area contributed by atoms with E-state index in [1.807, 2.05) is 38.1 Å². The average molecular weight is 291 g/mol. The highest BCUT2D eigenvalue weighted by atomic mass is 16.5. The second-order valence-electron chi connectivity index (χ2n) is 6.01. The third-order valence-electron chi connectivity index (χ3n) is 4.54. The zero-order chi connectivity index (χ0) is 15.4. The van der Waals surface area contributed by atoms with Crippen molar-refractivity contribution in [2.45, 2.75) is 20.3 Å². The number of H-pyrrole nitrogens is 1. The molecule has 110 valence electrons. The van der Waals surface area contributed by atoms with Crippen LogP contribution in [-0.2, 0) is 6.42 Å². The molecule has 1 aromatic heterocycles. The normalized spacial score (nSPS) is 14.0. The number of aromatic amines is 1. The number of ketones is 1. The molecule has 0 bridgehead atoms. The Bertz CT molecular complexity index is 972. The first kappa shape index (κ1) is 13.1. The van der Waals surface area contributed by atoms with E-state index in [0.717, 1.165) is 49.8 Å². The summed E-state index contributed by atoms with van der Waals surface area (Å²) >= 11 is 0. The number of fused-ring (bicyclic) bond motifs is 4. The Hall–Kier alpha value is -2.55. The molecule has 1 aliphatic carbocycles. The largest absolute Gasteiger partial charge is 0.494 e. The van der Waals surface area contributed by atoms with Crippen molar-refractivity contribution in [1.82, 2.24) is 4.98 Å². The summed E-state index contributed by atoms with van der Waals surface area (Å²) in [5.74, 6) is 0.939. The van der Waals surface area contributed by atoms with E-state index >= 15 is 0 Å². The highest BCUT2D eigenvalue weighted by Crippen LogP contribution is 2.42.